The van der Waals surface area contributed by atoms with Crippen molar-refractivity contribution in [3.63, 3.8) is 0 Å². The standard InChI is InChI=1S/C25H21NO6S3/c27-24(28)21-12-6-4-8-18(21)14-15-19-9-5-7-13-22(19)26-35(31,32)25-23(16-17-33-25)34(29,30)20-10-2-1-3-11-20/h1-13,16-17,26H,14-15H2,(H,27,28). The van der Waals surface area contributed by atoms with Crippen molar-refractivity contribution in [1.82, 2.24) is 0 Å². The number of hydrogen-bond donors (Lipinski definition) is 2. The molecule has 0 saturated carbocycles. The van der Waals surface area contributed by atoms with Crippen LogP contribution in [0.2, 0.25) is 0 Å². The Hall–Kier alpha value is -3.47. The van der Waals surface area contributed by atoms with Crippen LogP contribution in [0.1, 0.15) is 21.5 Å². The number of sulfone groups is 1. The van der Waals surface area contributed by atoms with Gasteiger partial charge in [-0.15, -0.1) is 11.3 Å². The number of aryl methyl sites for hydroxylation is 2. The zero-order chi connectivity index (χ0) is 25.1. The van der Waals surface area contributed by atoms with E-state index in [1.165, 1.54) is 29.6 Å². The highest BCUT2D eigenvalue weighted by Gasteiger charge is 2.30. The molecule has 0 fully saturated rings. The number of aromatic carboxylic acids is 1. The molecule has 3 aromatic carbocycles. The number of thiophene rings is 1. The van der Waals surface area contributed by atoms with Crippen molar-refractivity contribution in [3.8, 4) is 0 Å². The second kappa shape index (κ2) is 10.0. The summed E-state index contributed by atoms with van der Waals surface area (Å²) < 4.78 is 55.0. The molecule has 2 N–H and O–H groups in total. The molecular formula is C25H21NO6S3. The molecule has 0 amide bonds. The van der Waals surface area contributed by atoms with Crippen molar-refractivity contribution >= 4 is 42.9 Å². The summed E-state index contributed by atoms with van der Waals surface area (Å²) in [5.41, 5.74) is 1.78. The van der Waals surface area contributed by atoms with Gasteiger partial charge in [-0.2, -0.15) is 0 Å². The molecule has 1 heterocycles. The molecular weight excluding hydrogens is 506 g/mol. The maximum Gasteiger partial charge on any atom is 0.335 e. The summed E-state index contributed by atoms with van der Waals surface area (Å²) in [5, 5.41) is 10.8. The predicted octanol–water partition coefficient (Wildman–Crippen LogP) is 4.87. The highest BCUT2D eigenvalue weighted by atomic mass is 32.2. The largest absolute Gasteiger partial charge is 0.478 e. The quantitative estimate of drug-likeness (QED) is 0.321. The molecule has 10 heteroatoms. The van der Waals surface area contributed by atoms with Crippen LogP contribution in [0, 0.1) is 0 Å². The molecule has 35 heavy (non-hydrogen) atoms. The summed E-state index contributed by atoms with van der Waals surface area (Å²) in [6.07, 6.45) is 0.760. The zero-order valence-electron chi connectivity index (χ0n) is 18.3. The minimum absolute atomic E-state index is 0.00680. The number of carboxylic acids is 1. The van der Waals surface area contributed by atoms with Gasteiger partial charge in [-0.1, -0.05) is 54.6 Å². The Morgan fingerprint density at radius 3 is 2.09 bits per heavy atom. The van der Waals surface area contributed by atoms with E-state index in [1.54, 1.807) is 60.7 Å². The molecule has 1 aromatic heterocycles. The number of anilines is 1. The number of nitrogens with one attached hydrogen (secondary N) is 1. The number of carbonyl (C=O) groups is 1. The highest BCUT2D eigenvalue weighted by molar-refractivity contribution is 7.96. The first-order valence-corrected chi connectivity index (χ1v) is 14.3. The highest BCUT2D eigenvalue weighted by Crippen LogP contribution is 2.33. The van der Waals surface area contributed by atoms with E-state index in [-0.39, 0.29) is 19.6 Å². The van der Waals surface area contributed by atoms with Gasteiger partial charge in [0.25, 0.3) is 10.0 Å². The maximum atomic E-state index is 13.3. The van der Waals surface area contributed by atoms with E-state index in [1.807, 2.05) is 0 Å². The Morgan fingerprint density at radius 1 is 0.771 bits per heavy atom. The van der Waals surface area contributed by atoms with Crippen molar-refractivity contribution in [2.45, 2.75) is 26.8 Å². The van der Waals surface area contributed by atoms with E-state index in [9.17, 15) is 26.7 Å². The van der Waals surface area contributed by atoms with Gasteiger partial charge in [-0.25, -0.2) is 21.6 Å². The summed E-state index contributed by atoms with van der Waals surface area (Å²) in [6, 6.07) is 22.4. The van der Waals surface area contributed by atoms with Gasteiger partial charge in [0.2, 0.25) is 9.84 Å². The van der Waals surface area contributed by atoms with Crippen LogP contribution in [0.25, 0.3) is 0 Å². The van der Waals surface area contributed by atoms with Crippen LogP contribution in [0.4, 0.5) is 5.69 Å². The second-order valence-electron chi connectivity index (χ2n) is 7.61. The van der Waals surface area contributed by atoms with Crippen molar-refractivity contribution in [1.29, 1.82) is 0 Å². The lowest BCUT2D eigenvalue weighted by Crippen LogP contribution is -2.16. The molecule has 4 rings (SSSR count). The summed E-state index contributed by atoms with van der Waals surface area (Å²) in [5.74, 6) is -1.03. The number of carboxylic acid groups (broad SMARTS) is 1. The summed E-state index contributed by atoms with van der Waals surface area (Å²) in [6.45, 7) is 0. The fraction of sp³-hybridized carbons (Fsp3) is 0.0800. The third kappa shape index (κ3) is 5.29. The fourth-order valence-electron chi connectivity index (χ4n) is 3.65. The first-order valence-electron chi connectivity index (χ1n) is 10.5. The normalized spacial score (nSPS) is 11.8. The lowest BCUT2D eigenvalue weighted by Gasteiger charge is -2.14. The number of hydrogen-bond acceptors (Lipinski definition) is 6. The topological polar surface area (TPSA) is 118 Å². The molecule has 0 atom stereocenters. The summed E-state index contributed by atoms with van der Waals surface area (Å²) in [7, 11) is -8.26. The second-order valence-corrected chi connectivity index (χ2v) is 12.3. The smallest absolute Gasteiger partial charge is 0.335 e. The van der Waals surface area contributed by atoms with Gasteiger partial charge >= 0.3 is 5.97 Å². The Morgan fingerprint density at radius 2 is 1.37 bits per heavy atom. The van der Waals surface area contributed by atoms with Gasteiger partial charge in [-0.3, -0.25) is 4.72 Å². The van der Waals surface area contributed by atoms with Gasteiger partial charge in [0.1, 0.15) is 4.90 Å². The molecule has 0 aliphatic rings. The van der Waals surface area contributed by atoms with Crippen LogP contribution in [-0.2, 0) is 32.7 Å². The van der Waals surface area contributed by atoms with Crippen molar-refractivity contribution in [2.75, 3.05) is 4.72 Å². The molecule has 0 aliphatic carbocycles. The molecule has 180 valence electrons. The first-order chi connectivity index (χ1) is 16.7. The van der Waals surface area contributed by atoms with E-state index in [0.717, 1.165) is 11.3 Å². The Labute approximate surface area is 207 Å². The minimum Gasteiger partial charge on any atom is -0.478 e. The van der Waals surface area contributed by atoms with E-state index in [0.29, 0.717) is 29.7 Å². The average Bonchev–Trinajstić information content (AvgIpc) is 3.36. The van der Waals surface area contributed by atoms with E-state index in [4.69, 9.17) is 0 Å². The van der Waals surface area contributed by atoms with E-state index < -0.39 is 25.8 Å². The SMILES string of the molecule is O=C(O)c1ccccc1CCc1ccccc1NS(=O)(=O)c1sccc1S(=O)(=O)c1ccccc1. The lowest BCUT2D eigenvalue weighted by molar-refractivity contribution is 0.0695. The number of rotatable bonds is 9. The van der Waals surface area contributed by atoms with Gasteiger partial charge in [0.15, 0.2) is 4.21 Å². The lowest BCUT2D eigenvalue weighted by atomic mass is 9.99. The van der Waals surface area contributed by atoms with Crippen molar-refractivity contribution in [2.24, 2.45) is 0 Å². The van der Waals surface area contributed by atoms with Crippen LogP contribution in [0.15, 0.2) is 104 Å². The Balaban J connectivity index is 1.62. The first kappa shape index (κ1) is 24.6. The van der Waals surface area contributed by atoms with Crippen molar-refractivity contribution in [3.05, 3.63) is 107 Å². The molecule has 0 spiro atoms. The third-order valence-corrected chi connectivity index (χ3v) is 10.3. The van der Waals surface area contributed by atoms with E-state index in [2.05, 4.69) is 4.72 Å². The molecule has 0 aliphatic heterocycles. The monoisotopic (exact) mass is 527 g/mol. The van der Waals surface area contributed by atoms with Crippen LogP contribution in [-0.4, -0.2) is 27.9 Å². The molecule has 7 nitrogen and oxygen atoms in total. The average molecular weight is 528 g/mol. The maximum absolute atomic E-state index is 13.3. The van der Waals surface area contributed by atoms with Gasteiger partial charge < -0.3 is 5.11 Å². The van der Waals surface area contributed by atoms with Crippen LogP contribution in [0.5, 0.6) is 0 Å². The number of sulfonamides is 1. The Bertz CT molecular complexity index is 1580. The third-order valence-electron chi connectivity index (χ3n) is 5.36. The molecule has 0 radical (unpaired) electrons. The zero-order valence-corrected chi connectivity index (χ0v) is 20.7. The summed E-state index contributed by atoms with van der Waals surface area (Å²) >= 11 is 0.824. The number of para-hydroxylation sites is 1. The minimum atomic E-state index is -4.22. The van der Waals surface area contributed by atoms with Crippen molar-refractivity contribution < 1.29 is 26.7 Å². The van der Waals surface area contributed by atoms with Crippen LogP contribution < -0.4 is 4.72 Å². The van der Waals surface area contributed by atoms with Crippen LogP contribution in [0.3, 0.4) is 0 Å². The molecule has 0 bridgehead atoms. The van der Waals surface area contributed by atoms with Crippen LogP contribution >= 0.6 is 11.3 Å². The van der Waals surface area contributed by atoms with Gasteiger partial charge in [0, 0.05) is 0 Å². The summed E-state index contributed by atoms with van der Waals surface area (Å²) in [4.78, 5) is 11.2. The van der Waals surface area contributed by atoms with Gasteiger partial charge in [0.05, 0.1) is 16.1 Å². The van der Waals surface area contributed by atoms with E-state index >= 15 is 0 Å². The fourth-order valence-corrected chi connectivity index (χ4v) is 8.33. The molecule has 0 saturated heterocycles. The van der Waals surface area contributed by atoms with Gasteiger partial charge in [-0.05, 0) is 59.7 Å². The predicted molar refractivity (Wildman–Crippen MR) is 134 cm³/mol. The molecule has 0 unspecified atom stereocenters. The Kier molecular flexibility index (Phi) is 7.06. The molecule has 4 aromatic rings. The number of benzene rings is 3.